The Morgan fingerprint density at radius 1 is 1.50 bits per heavy atom. The number of carbonyl (C=O) groups excluding carboxylic acids is 2. The molecule has 0 aliphatic heterocycles. The summed E-state index contributed by atoms with van der Waals surface area (Å²) in [5.41, 5.74) is 0.634. The van der Waals surface area contributed by atoms with Crippen molar-refractivity contribution in [3.8, 4) is 0 Å². The van der Waals surface area contributed by atoms with Crippen LogP contribution >= 0.6 is 11.8 Å². The number of hydrogen-bond donors (Lipinski definition) is 1. The molecule has 0 radical (unpaired) electrons. The lowest BCUT2D eigenvalue weighted by Gasteiger charge is -2.07. The van der Waals surface area contributed by atoms with Crippen molar-refractivity contribution in [3.05, 3.63) is 29.8 Å². The van der Waals surface area contributed by atoms with Gasteiger partial charge in [-0.25, -0.2) is 0 Å². The van der Waals surface area contributed by atoms with Crippen LogP contribution in [-0.4, -0.2) is 24.0 Å². The Labute approximate surface area is 99.6 Å². The third kappa shape index (κ3) is 4.49. The SMILES string of the molecule is CC(C)NC(=O)CSc1cccc(C=O)c1. The molecule has 0 spiro atoms. The first kappa shape index (κ1) is 12.8. The third-order valence-electron chi connectivity index (χ3n) is 1.81. The monoisotopic (exact) mass is 237 g/mol. The van der Waals surface area contributed by atoms with Gasteiger partial charge in [-0.2, -0.15) is 0 Å². The average molecular weight is 237 g/mol. The number of hydrogen-bond acceptors (Lipinski definition) is 3. The molecule has 1 aromatic carbocycles. The van der Waals surface area contributed by atoms with Crippen LogP contribution in [0.25, 0.3) is 0 Å². The van der Waals surface area contributed by atoms with E-state index in [2.05, 4.69) is 5.32 Å². The van der Waals surface area contributed by atoms with Gasteiger partial charge in [0.05, 0.1) is 5.75 Å². The van der Waals surface area contributed by atoms with E-state index < -0.39 is 0 Å². The maximum absolute atomic E-state index is 11.4. The van der Waals surface area contributed by atoms with E-state index in [4.69, 9.17) is 0 Å². The molecule has 16 heavy (non-hydrogen) atoms. The summed E-state index contributed by atoms with van der Waals surface area (Å²) in [6, 6.07) is 7.38. The normalized spacial score (nSPS) is 10.2. The molecule has 1 aromatic rings. The minimum atomic E-state index is 0.0107. The molecule has 0 unspecified atom stereocenters. The topological polar surface area (TPSA) is 46.2 Å². The lowest BCUT2D eigenvalue weighted by molar-refractivity contribution is -0.119. The fourth-order valence-corrected chi connectivity index (χ4v) is 1.97. The Hall–Kier alpha value is -1.29. The van der Waals surface area contributed by atoms with Gasteiger partial charge in [0, 0.05) is 16.5 Å². The van der Waals surface area contributed by atoms with E-state index in [1.807, 2.05) is 26.0 Å². The lowest BCUT2D eigenvalue weighted by atomic mass is 10.2. The first-order chi connectivity index (χ1) is 7.61. The van der Waals surface area contributed by atoms with E-state index in [1.165, 1.54) is 11.8 Å². The highest BCUT2D eigenvalue weighted by Gasteiger charge is 2.04. The second-order valence-corrected chi connectivity index (χ2v) is 4.75. The van der Waals surface area contributed by atoms with Gasteiger partial charge < -0.3 is 5.32 Å². The standard InChI is InChI=1S/C12H15NO2S/c1-9(2)13-12(15)8-16-11-5-3-4-10(6-11)7-14/h3-7,9H,8H2,1-2H3,(H,13,15). The molecule has 0 aromatic heterocycles. The number of carbonyl (C=O) groups is 2. The Bertz CT molecular complexity index is 377. The van der Waals surface area contributed by atoms with Crippen molar-refractivity contribution < 1.29 is 9.59 Å². The van der Waals surface area contributed by atoms with E-state index in [0.717, 1.165) is 11.2 Å². The molecule has 0 bridgehead atoms. The second-order valence-electron chi connectivity index (χ2n) is 3.70. The number of nitrogens with one attached hydrogen (secondary N) is 1. The van der Waals surface area contributed by atoms with E-state index >= 15 is 0 Å². The largest absolute Gasteiger partial charge is 0.353 e. The van der Waals surface area contributed by atoms with Crippen molar-refractivity contribution >= 4 is 24.0 Å². The molecule has 0 atom stereocenters. The molecule has 0 heterocycles. The zero-order valence-electron chi connectivity index (χ0n) is 9.40. The Morgan fingerprint density at radius 3 is 2.88 bits per heavy atom. The molecule has 3 nitrogen and oxygen atoms in total. The van der Waals surface area contributed by atoms with Crippen molar-refractivity contribution in [2.45, 2.75) is 24.8 Å². The van der Waals surface area contributed by atoms with E-state index in [-0.39, 0.29) is 11.9 Å². The molecule has 1 N–H and O–H groups in total. The lowest BCUT2D eigenvalue weighted by Crippen LogP contribution is -2.31. The maximum Gasteiger partial charge on any atom is 0.230 e. The third-order valence-corrected chi connectivity index (χ3v) is 2.81. The van der Waals surface area contributed by atoms with Gasteiger partial charge in [-0.3, -0.25) is 9.59 Å². The van der Waals surface area contributed by atoms with Gasteiger partial charge in [0.25, 0.3) is 0 Å². The molecular formula is C12H15NO2S. The minimum absolute atomic E-state index is 0.0107. The molecule has 86 valence electrons. The Balaban J connectivity index is 2.48. The van der Waals surface area contributed by atoms with Crippen LogP contribution in [0.15, 0.2) is 29.2 Å². The molecule has 1 rings (SSSR count). The molecule has 0 saturated carbocycles. The van der Waals surface area contributed by atoms with Crippen LogP contribution in [0.2, 0.25) is 0 Å². The smallest absolute Gasteiger partial charge is 0.230 e. The molecule has 0 fully saturated rings. The van der Waals surface area contributed by atoms with Crippen molar-refractivity contribution in [2.75, 3.05) is 5.75 Å². The molecule has 0 saturated heterocycles. The van der Waals surface area contributed by atoms with Gasteiger partial charge in [-0.1, -0.05) is 12.1 Å². The number of aldehydes is 1. The summed E-state index contributed by atoms with van der Waals surface area (Å²) >= 11 is 1.43. The zero-order chi connectivity index (χ0) is 12.0. The van der Waals surface area contributed by atoms with Crippen molar-refractivity contribution in [3.63, 3.8) is 0 Å². The average Bonchev–Trinajstić information content (AvgIpc) is 2.26. The Morgan fingerprint density at radius 2 is 2.25 bits per heavy atom. The van der Waals surface area contributed by atoms with Gasteiger partial charge >= 0.3 is 0 Å². The summed E-state index contributed by atoms with van der Waals surface area (Å²) < 4.78 is 0. The summed E-state index contributed by atoms with van der Waals surface area (Å²) in [5.74, 6) is 0.386. The van der Waals surface area contributed by atoms with E-state index in [1.54, 1.807) is 12.1 Å². The fourth-order valence-electron chi connectivity index (χ4n) is 1.19. The van der Waals surface area contributed by atoms with Gasteiger partial charge in [0.15, 0.2) is 0 Å². The summed E-state index contributed by atoms with van der Waals surface area (Å²) in [5, 5.41) is 2.81. The zero-order valence-corrected chi connectivity index (χ0v) is 10.2. The second kappa shape index (κ2) is 6.33. The molecule has 1 amide bonds. The van der Waals surface area contributed by atoms with Crippen LogP contribution in [0, 0.1) is 0 Å². The molecular weight excluding hydrogens is 222 g/mol. The predicted molar refractivity (Wildman–Crippen MR) is 65.8 cm³/mol. The summed E-state index contributed by atoms with van der Waals surface area (Å²) in [6.07, 6.45) is 0.804. The summed E-state index contributed by atoms with van der Waals surface area (Å²) in [4.78, 5) is 22.9. The quantitative estimate of drug-likeness (QED) is 0.630. The predicted octanol–water partition coefficient (Wildman–Crippen LogP) is 2.12. The molecule has 0 aliphatic carbocycles. The van der Waals surface area contributed by atoms with Crippen LogP contribution < -0.4 is 5.32 Å². The number of amides is 1. The fraction of sp³-hybridized carbons (Fsp3) is 0.333. The maximum atomic E-state index is 11.4. The van der Waals surface area contributed by atoms with Crippen LogP contribution in [0.4, 0.5) is 0 Å². The van der Waals surface area contributed by atoms with Gasteiger partial charge in [-0.05, 0) is 26.0 Å². The molecule has 0 aliphatic rings. The number of rotatable bonds is 5. The van der Waals surface area contributed by atoms with Gasteiger partial charge in [0.1, 0.15) is 6.29 Å². The summed E-state index contributed by atoms with van der Waals surface area (Å²) in [7, 11) is 0. The highest BCUT2D eigenvalue weighted by molar-refractivity contribution is 8.00. The number of benzene rings is 1. The van der Waals surface area contributed by atoms with Crippen molar-refractivity contribution in [1.29, 1.82) is 0 Å². The highest BCUT2D eigenvalue weighted by Crippen LogP contribution is 2.18. The molecule has 4 heteroatoms. The van der Waals surface area contributed by atoms with Crippen LogP contribution in [-0.2, 0) is 4.79 Å². The van der Waals surface area contributed by atoms with Crippen molar-refractivity contribution in [1.82, 2.24) is 5.32 Å². The minimum Gasteiger partial charge on any atom is -0.353 e. The van der Waals surface area contributed by atoms with Crippen LogP contribution in [0.5, 0.6) is 0 Å². The van der Waals surface area contributed by atoms with Crippen LogP contribution in [0.3, 0.4) is 0 Å². The van der Waals surface area contributed by atoms with Gasteiger partial charge in [-0.15, -0.1) is 11.8 Å². The first-order valence-electron chi connectivity index (χ1n) is 5.09. The van der Waals surface area contributed by atoms with E-state index in [9.17, 15) is 9.59 Å². The van der Waals surface area contributed by atoms with Crippen LogP contribution in [0.1, 0.15) is 24.2 Å². The van der Waals surface area contributed by atoms with Crippen molar-refractivity contribution in [2.24, 2.45) is 0 Å². The van der Waals surface area contributed by atoms with E-state index in [0.29, 0.717) is 11.3 Å². The Kier molecular flexibility index (Phi) is 5.05. The highest BCUT2D eigenvalue weighted by atomic mass is 32.2. The van der Waals surface area contributed by atoms with Gasteiger partial charge in [0.2, 0.25) is 5.91 Å². The summed E-state index contributed by atoms with van der Waals surface area (Å²) in [6.45, 7) is 3.85. The number of thioether (sulfide) groups is 1. The first-order valence-corrected chi connectivity index (χ1v) is 6.08.